The molecule has 0 heterocycles. The SMILES string of the molecule is CC(C)CCN(C)C1CCCC(O)C1. The van der Waals surface area contributed by atoms with Crippen LogP contribution < -0.4 is 0 Å². The minimum absolute atomic E-state index is 0.0461. The Morgan fingerprint density at radius 2 is 2.07 bits per heavy atom. The van der Waals surface area contributed by atoms with E-state index >= 15 is 0 Å². The zero-order chi connectivity index (χ0) is 10.6. The van der Waals surface area contributed by atoms with Crippen molar-refractivity contribution in [3.63, 3.8) is 0 Å². The molecule has 2 unspecified atom stereocenters. The van der Waals surface area contributed by atoms with Gasteiger partial charge in [-0.15, -0.1) is 0 Å². The monoisotopic (exact) mass is 199 g/mol. The average molecular weight is 199 g/mol. The van der Waals surface area contributed by atoms with E-state index in [0.29, 0.717) is 6.04 Å². The molecule has 1 aliphatic rings. The molecule has 0 bridgehead atoms. The first kappa shape index (κ1) is 12.0. The van der Waals surface area contributed by atoms with Gasteiger partial charge in [0.05, 0.1) is 6.10 Å². The van der Waals surface area contributed by atoms with E-state index in [0.717, 1.165) is 18.8 Å². The van der Waals surface area contributed by atoms with Crippen LogP contribution in [0.15, 0.2) is 0 Å². The van der Waals surface area contributed by atoms with Crippen molar-refractivity contribution in [1.29, 1.82) is 0 Å². The molecule has 2 atom stereocenters. The van der Waals surface area contributed by atoms with E-state index in [2.05, 4.69) is 25.8 Å². The molecule has 0 amide bonds. The Hall–Kier alpha value is -0.0800. The fraction of sp³-hybridized carbons (Fsp3) is 1.00. The molecule has 0 aromatic rings. The Morgan fingerprint density at radius 1 is 1.36 bits per heavy atom. The van der Waals surface area contributed by atoms with Crippen LogP contribution in [0.5, 0.6) is 0 Å². The second-order valence-electron chi connectivity index (χ2n) is 5.14. The average Bonchev–Trinajstić information content (AvgIpc) is 2.14. The fourth-order valence-corrected chi connectivity index (χ4v) is 2.18. The number of nitrogens with zero attached hydrogens (tertiary/aromatic N) is 1. The van der Waals surface area contributed by atoms with Crippen LogP contribution in [0.1, 0.15) is 46.0 Å². The highest BCUT2D eigenvalue weighted by atomic mass is 16.3. The van der Waals surface area contributed by atoms with Gasteiger partial charge in [-0.05, 0) is 51.6 Å². The van der Waals surface area contributed by atoms with Gasteiger partial charge in [-0.1, -0.05) is 13.8 Å². The van der Waals surface area contributed by atoms with E-state index < -0.39 is 0 Å². The summed E-state index contributed by atoms with van der Waals surface area (Å²) < 4.78 is 0. The van der Waals surface area contributed by atoms with Crippen LogP contribution in [0.2, 0.25) is 0 Å². The Balaban J connectivity index is 2.25. The van der Waals surface area contributed by atoms with Crippen molar-refractivity contribution in [3.8, 4) is 0 Å². The predicted molar refractivity (Wildman–Crippen MR) is 60.3 cm³/mol. The third-order valence-electron chi connectivity index (χ3n) is 3.30. The van der Waals surface area contributed by atoms with Crippen molar-refractivity contribution >= 4 is 0 Å². The van der Waals surface area contributed by atoms with Crippen LogP contribution in [0, 0.1) is 5.92 Å². The summed E-state index contributed by atoms with van der Waals surface area (Å²) in [6.07, 6.45) is 5.67. The maximum absolute atomic E-state index is 9.58. The van der Waals surface area contributed by atoms with Crippen LogP contribution >= 0.6 is 0 Å². The second-order valence-corrected chi connectivity index (χ2v) is 5.14. The summed E-state index contributed by atoms with van der Waals surface area (Å²) in [5.74, 6) is 0.783. The van der Waals surface area contributed by atoms with Crippen molar-refractivity contribution < 1.29 is 5.11 Å². The highest BCUT2D eigenvalue weighted by Gasteiger charge is 2.22. The number of aliphatic hydroxyl groups is 1. The van der Waals surface area contributed by atoms with E-state index in [1.165, 1.54) is 25.8 Å². The Kier molecular flexibility index (Phi) is 4.90. The normalized spacial score (nSPS) is 28.7. The van der Waals surface area contributed by atoms with E-state index in [-0.39, 0.29) is 6.10 Å². The molecule has 0 radical (unpaired) electrons. The maximum atomic E-state index is 9.58. The smallest absolute Gasteiger partial charge is 0.0555 e. The highest BCUT2D eigenvalue weighted by molar-refractivity contribution is 4.78. The van der Waals surface area contributed by atoms with Gasteiger partial charge >= 0.3 is 0 Å². The summed E-state index contributed by atoms with van der Waals surface area (Å²) in [6, 6.07) is 0.623. The lowest BCUT2D eigenvalue weighted by Gasteiger charge is -2.33. The van der Waals surface area contributed by atoms with Gasteiger partial charge in [-0.2, -0.15) is 0 Å². The number of hydrogen-bond donors (Lipinski definition) is 1. The molecular weight excluding hydrogens is 174 g/mol. The van der Waals surface area contributed by atoms with Gasteiger partial charge in [0.2, 0.25) is 0 Å². The molecule has 14 heavy (non-hydrogen) atoms. The number of aliphatic hydroxyl groups excluding tert-OH is 1. The van der Waals surface area contributed by atoms with Crippen molar-refractivity contribution in [2.45, 2.75) is 58.1 Å². The third-order valence-corrected chi connectivity index (χ3v) is 3.30. The lowest BCUT2D eigenvalue weighted by Crippen LogP contribution is -2.38. The first-order chi connectivity index (χ1) is 6.59. The summed E-state index contributed by atoms with van der Waals surface area (Å²) in [5.41, 5.74) is 0. The van der Waals surface area contributed by atoms with Crippen LogP contribution in [0.4, 0.5) is 0 Å². The zero-order valence-electron chi connectivity index (χ0n) is 9.87. The number of rotatable bonds is 4. The highest BCUT2D eigenvalue weighted by Crippen LogP contribution is 2.22. The van der Waals surface area contributed by atoms with Crippen molar-refractivity contribution in [3.05, 3.63) is 0 Å². The predicted octanol–water partition coefficient (Wildman–Crippen LogP) is 2.27. The zero-order valence-corrected chi connectivity index (χ0v) is 9.87. The van der Waals surface area contributed by atoms with Gasteiger partial charge in [0.25, 0.3) is 0 Å². The maximum Gasteiger partial charge on any atom is 0.0555 e. The lowest BCUT2D eigenvalue weighted by molar-refractivity contribution is 0.0712. The first-order valence-corrected chi connectivity index (χ1v) is 5.98. The van der Waals surface area contributed by atoms with Crippen molar-refractivity contribution in [2.24, 2.45) is 5.92 Å². The summed E-state index contributed by atoms with van der Waals surface area (Å²) in [7, 11) is 2.20. The fourth-order valence-electron chi connectivity index (χ4n) is 2.18. The van der Waals surface area contributed by atoms with Crippen LogP contribution in [-0.4, -0.2) is 35.7 Å². The Labute approximate surface area is 88.3 Å². The molecule has 1 aliphatic carbocycles. The first-order valence-electron chi connectivity index (χ1n) is 5.98. The van der Waals surface area contributed by atoms with Gasteiger partial charge in [0.1, 0.15) is 0 Å². The topological polar surface area (TPSA) is 23.5 Å². The second kappa shape index (κ2) is 5.72. The largest absolute Gasteiger partial charge is 0.393 e. The summed E-state index contributed by atoms with van der Waals surface area (Å²) in [6.45, 7) is 5.71. The molecule has 2 heteroatoms. The molecule has 0 aromatic heterocycles. The molecule has 84 valence electrons. The molecule has 0 aromatic carbocycles. The molecular formula is C12H25NO. The molecule has 1 rings (SSSR count). The molecule has 1 saturated carbocycles. The van der Waals surface area contributed by atoms with Gasteiger partial charge in [-0.25, -0.2) is 0 Å². The third kappa shape index (κ3) is 3.97. The molecule has 2 nitrogen and oxygen atoms in total. The molecule has 0 saturated heterocycles. The minimum Gasteiger partial charge on any atom is -0.393 e. The van der Waals surface area contributed by atoms with E-state index in [4.69, 9.17) is 0 Å². The van der Waals surface area contributed by atoms with Gasteiger partial charge < -0.3 is 10.0 Å². The van der Waals surface area contributed by atoms with Gasteiger partial charge in [-0.3, -0.25) is 0 Å². The Bertz CT molecular complexity index is 158. The van der Waals surface area contributed by atoms with Crippen molar-refractivity contribution in [2.75, 3.05) is 13.6 Å². The van der Waals surface area contributed by atoms with Crippen LogP contribution in [0.25, 0.3) is 0 Å². The standard InChI is InChI=1S/C12H25NO/c1-10(2)7-8-13(3)11-5-4-6-12(14)9-11/h10-12,14H,4-9H2,1-3H3. The molecule has 0 spiro atoms. The summed E-state index contributed by atoms with van der Waals surface area (Å²) in [4.78, 5) is 2.43. The van der Waals surface area contributed by atoms with E-state index in [1.807, 2.05) is 0 Å². The molecule has 1 N–H and O–H groups in total. The number of hydrogen-bond acceptors (Lipinski definition) is 2. The van der Waals surface area contributed by atoms with Crippen LogP contribution in [0.3, 0.4) is 0 Å². The van der Waals surface area contributed by atoms with Gasteiger partial charge in [0, 0.05) is 6.04 Å². The molecule has 1 fully saturated rings. The minimum atomic E-state index is -0.0461. The lowest BCUT2D eigenvalue weighted by atomic mass is 9.92. The quantitative estimate of drug-likeness (QED) is 0.751. The summed E-state index contributed by atoms with van der Waals surface area (Å²) >= 11 is 0. The van der Waals surface area contributed by atoms with Crippen molar-refractivity contribution in [1.82, 2.24) is 4.90 Å². The van der Waals surface area contributed by atoms with Crippen LogP contribution in [-0.2, 0) is 0 Å². The summed E-state index contributed by atoms with van der Waals surface area (Å²) in [5, 5.41) is 9.58. The Morgan fingerprint density at radius 3 is 2.64 bits per heavy atom. The molecule has 0 aliphatic heterocycles. The van der Waals surface area contributed by atoms with E-state index in [9.17, 15) is 5.11 Å². The van der Waals surface area contributed by atoms with E-state index in [1.54, 1.807) is 0 Å². The van der Waals surface area contributed by atoms with Gasteiger partial charge in [0.15, 0.2) is 0 Å².